The number of anilines is 1. The van der Waals surface area contributed by atoms with Gasteiger partial charge in [-0.25, -0.2) is 0 Å². The van der Waals surface area contributed by atoms with Crippen molar-refractivity contribution in [1.29, 1.82) is 0 Å². The Hall–Kier alpha value is -3.09. The fraction of sp³-hybridized carbons (Fsp3) is 0.133. The smallest absolute Gasteiger partial charge is 0.322 e. The van der Waals surface area contributed by atoms with Crippen LogP contribution in [0.5, 0.6) is 11.8 Å². The van der Waals surface area contributed by atoms with Gasteiger partial charge in [0.1, 0.15) is 5.75 Å². The number of benzene rings is 1. The fourth-order valence-corrected chi connectivity index (χ4v) is 1.98. The highest BCUT2D eigenvalue weighted by Gasteiger charge is 2.10. The van der Waals surface area contributed by atoms with Crippen molar-refractivity contribution in [2.45, 2.75) is 0 Å². The molecule has 0 atom stereocenters. The van der Waals surface area contributed by atoms with Crippen LogP contribution in [0.25, 0.3) is 5.65 Å². The molecule has 0 unspecified atom stereocenters. The monoisotopic (exact) mass is 298 g/mol. The molecule has 0 bridgehead atoms. The number of amides is 1. The van der Waals surface area contributed by atoms with E-state index in [2.05, 4.69) is 15.5 Å². The SMILES string of the molecule is COc1ccccc1NC(=O)COc1nnc2ccccn12. The maximum atomic E-state index is 12.0. The Balaban J connectivity index is 1.65. The standard InChI is InChI=1S/C15H14N4O3/c1-21-12-7-3-2-6-11(12)16-14(20)10-22-15-18-17-13-8-4-5-9-19(13)15/h2-9H,10H2,1H3,(H,16,20). The number of ether oxygens (including phenoxy) is 2. The number of aromatic nitrogens is 3. The number of fused-ring (bicyclic) bond motifs is 1. The summed E-state index contributed by atoms with van der Waals surface area (Å²) in [6.07, 6.45) is 1.77. The van der Waals surface area contributed by atoms with Gasteiger partial charge in [-0.15, -0.1) is 5.10 Å². The molecule has 1 N–H and O–H groups in total. The first-order chi connectivity index (χ1) is 10.8. The number of hydrogen-bond donors (Lipinski definition) is 1. The van der Waals surface area contributed by atoms with Crippen molar-refractivity contribution in [3.05, 3.63) is 48.7 Å². The molecular formula is C15H14N4O3. The predicted octanol–water partition coefficient (Wildman–Crippen LogP) is 1.76. The number of methoxy groups -OCH3 is 1. The second-order valence-corrected chi connectivity index (χ2v) is 4.45. The maximum absolute atomic E-state index is 12.0. The van der Waals surface area contributed by atoms with Crippen molar-refractivity contribution >= 4 is 17.2 Å². The highest BCUT2D eigenvalue weighted by molar-refractivity contribution is 5.93. The molecule has 7 nitrogen and oxygen atoms in total. The third kappa shape index (κ3) is 2.83. The highest BCUT2D eigenvalue weighted by atomic mass is 16.5. The fourth-order valence-electron chi connectivity index (χ4n) is 1.98. The summed E-state index contributed by atoms with van der Waals surface area (Å²) >= 11 is 0. The predicted molar refractivity (Wildman–Crippen MR) is 80.1 cm³/mol. The van der Waals surface area contributed by atoms with Crippen LogP contribution in [-0.4, -0.2) is 34.2 Å². The van der Waals surface area contributed by atoms with Gasteiger partial charge in [-0.05, 0) is 24.3 Å². The zero-order valence-electron chi connectivity index (χ0n) is 11.9. The molecule has 0 radical (unpaired) electrons. The van der Waals surface area contributed by atoms with E-state index in [1.54, 1.807) is 35.9 Å². The lowest BCUT2D eigenvalue weighted by Crippen LogP contribution is -2.21. The summed E-state index contributed by atoms with van der Waals surface area (Å²) in [4.78, 5) is 12.0. The Bertz CT molecular complexity index is 800. The van der Waals surface area contributed by atoms with Gasteiger partial charge in [-0.3, -0.25) is 9.20 Å². The number of hydrogen-bond acceptors (Lipinski definition) is 5. The van der Waals surface area contributed by atoms with Crippen molar-refractivity contribution in [3.8, 4) is 11.8 Å². The molecule has 112 valence electrons. The van der Waals surface area contributed by atoms with Crippen LogP contribution < -0.4 is 14.8 Å². The van der Waals surface area contributed by atoms with Crippen LogP contribution in [0, 0.1) is 0 Å². The minimum atomic E-state index is -0.308. The van der Waals surface area contributed by atoms with Crippen LogP contribution in [0.1, 0.15) is 0 Å². The molecule has 1 aromatic carbocycles. The summed E-state index contributed by atoms with van der Waals surface area (Å²) in [5, 5.41) is 10.6. The molecule has 1 amide bonds. The molecule has 22 heavy (non-hydrogen) atoms. The van der Waals surface area contributed by atoms with Crippen LogP contribution in [0.4, 0.5) is 5.69 Å². The molecule has 0 spiro atoms. The second-order valence-electron chi connectivity index (χ2n) is 4.45. The molecule has 7 heteroatoms. The van der Waals surface area contributed by atoms with Crippen molar-refractivity contribution in [3.63, 3.8) is 0 Å². The summed E-state index contributed by atoms with van der Waals surface area (Å²) in [6.45, 7) is -0.173. The quantitative estimate of drug-likeness (QED) is 0.776. The molecule has 3 rings (SSSR count). The van der Waals surface area contributed by atoms with E-state index in [9.17, 15) is 4.79 Å². The first-order valence-corrected chi connectivity index (χ1v) is 6.63. The molecule has 0 aliphatic carbocycles. The van der Waals surface area contributed by atoms with E-state index in [1.165, 1.54) is 0 Å². The molecule has 2 aromatic heterocycles. The lowest BCUT2D eigenvalue weighted by Gasteiger charge is -2.09. The first-order valence-electron chi connectivity index (χ1n) is 6.63. The summed E-state index contributed by atoms with van der Waals surface area (Å²) in [6, 6.07) is 12.9. The number of nitrogens with one attached hydrogen (secondary N) is 1. The van der Waals surface area contributed by atoms with Crippen molar-refractivity contribution < 1.29 is 14.3 Å². The second kappa shape index (κ2) is 6.13. The average Bonchev–Trinajstić information content (AvgIpc) is 2.97. The van der Waals surface area contributed by atoms with Crippen LogP contribution in [-0.2, 0) is 4.79 Å². The number of carbonyl (C=O) groups excluding carboxylic acids is 1. The van der Waals surface area contributed by atoms with Gasteiger partial charge in [-0.1, -0.05) is 23.3 Å². The minimum absolute atomic E-state index is 0.173. The van der Waals surface area contributed by atoms with E-state index in [1.807, 2.05) is 24.3 Å². The van der Waals surface area contributed by atoms with Gasteiger partial charge < -0.3 is 14.8 Å². The van der Waals surface area contributed by atoms with Gasteiger partial charge in [0, 0.05) is 6.20 Å². The number of pyridine rings is 1. The van der Waals surface area contributed by atoms with Gasteiger partial charge in [0.2, 0.25) is 0 Å². The molecular weight excluding hydrogens is 284 g/mol. The van der Waals surface area contributed by atoms with Crippen LogP contribution in [0.15, 0.2) is 48.7 Å². The Morgan fingerprint density at radius 2 is 2.00 bits per heavy atom. The first kappa shape index (κ1) is 13.9. The van der Waals surface area contributed by atoms with Gasteiger partial charge >= 0.3 is 6.01 Å². The minimum Gasteiger partial charge on any atom is -0.495 e. The molecule has 0 saturated heterocycles. The van der Waals surface area contributed by atoms with Gasteiger partial charge in [0.15, 0.2) is 12.3 Å². The van der Waals surface area contributed by atoms with Crippen LogP contribution in [0.2, 0.25) is 0 Å². The summed E-state index contributed by atoms with van der Waals surface area (Å²) < 4.78 is 12.2. The zero-order valence-corrected chi connectivity index (χ0v) is 11.9. The molecule has 2 heterocycles. The molecule has 0 aliphatic heterocycles. The molecule has 0 aliphatic rings. The topological polar surface area (TPSA) is 77.8 Å². The van der Waals surface area contributed by atoms with E-state index in [0.29, 0.717) is 17.1 Å². The summed E-state index contributed by atoms with van der Waals surface area (Å²) in [5.74, 6) is 0.279. The molecule has 3 aromatic rings. The number of rotatable bonds is 5. The van der Waals surface area contributed by atoms with Gasteiger partial charge in [0.25, 0.3) is 5.91 Å². The Kier molecular flexibility index (Phi) is 3.86. The largest absolute Gasteiger partial charge is 0.495 e. The number of carbonyl (C=O) groups is 1. The molecule has 0 saturated carbocycles. The Morgan fingerprint density at radius 1 is 1.18 bits per heavy atom. The van der Waals surface area contributed by atoms with E-state index in [4.69, 9.17) is 9.47 Å². The third-order valence-corrected chi connectivity index (χ3v) is 3.00. The van der Waals surface area contributed by atoms with Crippen LogP contribution in [0.3, 0.4) is 0 Å². The maximum Gasteiger partial charge on any atom is 0.322 e. The van der Waals surface area contributed by atoms with Crippen molar-refractivity contribution in [2.24, 2.45) is 0 Å². The van der Waals surface area contributed by atoms with Gasteiger partial charge in [0.05, 0.1) is 12.8 Å². The normalized spacial score (nSPS) is 10.4. The molecule has 0 fully saturated rings. The average molecular weight is 298 g/mol. The lowest BCUT2D eigenvalue weighted by molar-refractivity contribution is -0.118. The summed E-state index contributed by atoms with van der Waals surface area (Å²) in [7, 11) is 1.55. The van der Waals surface area contributed by atoms with Crippen LogP contribution >= 0.6 is 0 Å². The Labute approximate surface area is 126 Å². The lowest BCUT2D eigenvalue weighted by atomic mass is 10.3. The van der Waals surface area contributed by atoms with Crippen molar-refractivity contribution in [2.75, 3.05) is 19.0 Å². The summed E-state index contributed by atoms with van der Waals surface area (Å²) in [5.41, 5.74) is 1.24. The number of nitrogens with zero attached hydrogens (tertiary/aromatic N) is 3. The van der Waals surface area contributed by atoms with Crippen molar-refractivity contribution in [1.82, 2.24) is 14.6 Å². The Morgan fingerprint density at radius 3 is 2.86 bits per heavy atom. The van der Waals surface area contributed by atoms with E-state index < -0.39 is 0 Å². The number of para-hydroxylation sites is 2. The van der Waals surface area contributed by atoms with Gasteiger partial charge in [-0.2, -0.15) is 0 Å². The highest BCUT2D eigenvalue weighted by Crippen LogP contribution is 2.22. The van der Waals surface area contributed by atoms with E-state index in [0.717, 1.165) is 0 Å². The van der Waals surface area contributed by atoms with E-state index >= 15 is 0 Å². The third-order valence-electron chi connectivity index (χ3n) is 3.00. The van der Waals surface area contributed by atoms with E-state index in [-0.39, 0.29) is 18.5 Å². The zero-order chi connectivity index (χ0) is 15.4.